The minimum atomic E-state index is -1.23. The second-order valence-corrected chi connectivity index (χ2v) is 23.1. The fourth-order valence-electron chi connectivity index (χ4n) is 6.03. The van der Waals surface area contributed by atoms with Crippen LogP contribution in [-0.4, -0.2) is 112 Å². The van der Waals surface area contributed by atoms with Crippen molar-refractivity contribution in [1.29, 1.82) is 0 Å². The Labute approximate surface area is 351 Å². The third kappa shape index (κ3) is 12.6. The number of hydrogen-bond donors (Lipinski definition) is 1. The van der Waals surface area contributed by atoms with E-state index < -0.39 is 19.9 Å². The summed E-state index contributed by atoms with van der Waals surface area (Å²) in [5.41, 5.74) is 2.66. The molecular formula is C42H57FN8O4S2Si. The van der Waals surface area contributed by atoms with Crippen molar-refractivity contribution >= 4 is 59.0 Å². The van der Waals surface area contributed by atoms with Crippen LogP contribution in [0.2, 0.25) is 25.7 Å². The third-order valence-corrected chi connectivity index (χ3v) is 13.1. The number of unbranched alkanes of at least 4 members (excludes halogenated alkanes) is 1. The summed E-state index contributed by atoms with van der Waals surface area (Å²) in [4.78, 5) is 25.0. The predicted molar refractivity (Wildman–Crippen MR) is 237 cm³/mol. The fraction of sp³-hybridized carbons (Fsp3) is 0.476. The van der Waals surface area contributed by atoms with Gasteiger partial charge in [-0.1, -0.05) is 66.7 Å². The molecule has 2 aromatic carbocycles. The Balaban J connectivity index is 1.36. The number of aromatic nitrogens is 3. The highest BCUT2D eigenvalue weighted by Crippen LogP contribution is 2.37. The number of carbonyl (C=O) groups excluding carboxylic acids is 1. The van der Waals surface area contributed by atoms with Gasteiger partial charge in [-0.05, 0) is 102 Å². The number of benzene rings is 2. The topological polar surface area (TPSA) is 110 Å². The zero-order valence-electron chi connectivity index (χ0n) is 35.0. The molecule has 1 aliphatic rings. The second-order valence-electron chi connectivity index (χ2n) is 15.5. The van der Waals surface area contributed by atoms with E-state index >= 15 is 0 Å². The molecule has 1 N–H and O–H groups in total. The maximum absolute atomic E-state index is 14.9. The number of rotatable bonds is 20. The standard InChI is InChI=1S/C42H57FN8O4S2Si/c1-31-27-38(46-47-39(31)45-41-51(30-54-25-26-58(6,7)8)34-16-9-10-17-37(34)57-41)50(22-12-11-20-44-2)42-49(35(29-56-42)40(52)53-5)23-14-24-55-36-19-18-32(28-33(36)43)15-13-21-48(3)4/h9-10,16-19,27-29,42,44H,11-12,14,20-26,30H2,1-8H3/b45-41-. The number of thiazole rings is 1. The van der Waals surface area contributed by atoms with Crippen molar-refractivity contribution in [3.05, 3.63) is 81.4 Å². The van der Waals surface area contributed by atoms with E-state index in [1.54, 1.807) is 23.5 Å². The summed E-state index contributed by atoms with van der Waals surface area (Å²) in [5, 5.41) is 14.5. The average molecular weight is 849 g/mol. The number of anilines is 1. The predicted octanol–water partition coefficient (Wildman–Crippen LogP) is 7.02. The van der Waals surface area contributed by atoms with Crippen molar-refractivity contribution in [2.45, 2.75) is 64.1 Å². The summed E-state index contributed by atoms with van der Waals surface area (Å²) in [7, 11) is 5.95. The molecular weight excluding hydrogens is 792 g/mol. The number of para-hydroxylation sites is 1. The first-order chi connectivity index (χ1) is 27.9. The molecule has 1 unspecified atom stereocenters. The molecule has 0 bridgehead atoms. The molecule has 0 saturated carbocycles. The summed E-state index contributed by atoms with van der Waals surface area (Å²) in [6.45, 7) is 13.0. The highest BCUT2D eigenvalue weighted by atomic mass is 32.2. The zero-order valence-corrected chi connectivity index (χ0v) is 37.6. The van der Waals surface area contributed by atoms with Gasteiger partial charge in [0.05, 0.1) is 30.5 Å². The van der Waals surface area contributed by atoms with Gasteiger partial charge >= 0.3 is 5.97 Å². The number of hydrogen-bond acceptors (Lipinski definition) is 13. The number of aryl methyl sites for hydroxylation is 1. The Kier molecular flexibility index (Phi) is 16.8. The lowest BCUT2D eigenvalue weighted by Crippen LogP contribution is -2.46. The summed E-state index contributed by atoms with van der Waals surface area (Å²) in [6, 6.07) is 16.1. The molecule has 0 spiro atoms. The van der Waals surface area contributed by atoms with Crippen molar-refractivity contribution < 1.29 is 23.4 Å². The SMILES string of the molecule is CNCCCCN(c1cc(C)c(/N=c2\sc3ccccc3n2COCC[Si](C)(C)C)nn1)C1SC=C(C(=O)OC)N1CCCOc1ccc(C#CCN(C)C)cc1F. The summed E-state index contributed by atoms with van der Waals surface area (Å²) < 4.78 is 35.4. The minimum absolute atomic E-state index is 0.160. The second kappa shape index (κ2) is 21.7. The Hall–Kier alpha value is -4.24. The first-order valence-corrected chi connectivity index (χ1v) is 25.1. The van der Waals surface area contributed by atoms with Crippen molar-refractivity contribution in [2.75, 3.05) is 72.5 Å². The number of nitrogens with one attached hydrogen (secondary N) is 1. The Morgan fingerprint density at radius 3 is 2.62 bits per heavy atom. The van der Waals surface area contributed by atoms with Gasteiger partial charge in [-0.3, -0.25) is 9.47 Å². The van der Waals surface area contributed by atoms with Crippen LogP contribution in [0.4, 0.5) is 16.0 Å². The van der Waals surface area contributed by atoms with Crippen LogP contribution >= 0.6 is 23.1 Å². The largest absolute Gasteiger partial charge is 0.490 e. The van der Waals surface area contributed by atoms with E-state index in [2.05, 4.69) is 63.5 Å². The fourth-order valence-corrected chi connectivity index (χ4v) is 9.02. The molecule has 3 heterocycles. The molecule has 5 rings (SSSR count). The Morgan fingerprint density at radius 1 is 1.09 bits per heavy atom. The number of fused-ring (bicyclic) bond motifs is 1. The van der Waals surface area contributed by atoms with Gasteiger partial charge in [0.2, 0.25) is 0 Å². The molecule has 1 atom stereocenters. The number of methoxy groups -OCH3 is 1. The highest BCUT2D eigenvalue weighted by molar-refractivity contribution is 8.03. The first-order valence-electron chi connectivity index (χ1n) is 19.6. The summed E-state index contributed by atoms with van der Waals surface area (Å²) in [6.07, 6.45) is 2.35. The van der Waals surface area contributed by atoms with Crippen molar-refractivity contribution in [1.82, 2.24) is 29.9 Å². The lowest BCUT2D eigenvalue weighted by atomic mass is 10.2. The third-order valence-electron chi connectivity index (χ3n) is 9.22. The van der Waals surface area contributed by atoms with Gasteiger partial charge in [-0.15, -0.1) is 10.2 Å². The number of carbonyl (C=O) groups is 1. The quantitative estimate of drug-likeness (QED) is 0.0429. The van der Waals surface area contributed by atoms with Crippen LogP contribution in [0.25, 0.3) is 10.2 Å². The van der Waals surface area contributed by atoms with Crippen molar-refractivity contribution in [2.24, 2.45) is 4.99 Å². The van der Waals surface area contributed by atoms with E-state index in [0.29, 0.717) is 62.3 Å². The molecule has 0 amide bonds. The molecule has 12 nitrogen and oxygen atoms in total. The molecule has 0 aliphatic carbocycles. The van der Waals surface area contributed by atoms with E-state index in [9.17, 15) is 9.18 Å². The van der Waals surface area contributed by atoms with Crippen LogP contribution in [0, 0.1) is 24.6 Å². The smallest absolute Gasteiger partial charge is 0.354 e. The van der Waals surface area contributed by atoms with Crippen LogP contribution in [0.3, 0.4) is 0 Å². The van der Waals surface area contributed by atoms with Crippen molar-refractivity contribution in [3.63, 3.8) is 0 Å². The number of ether oxygens (including phenoxy) is 3. The van der Waals surface area contributed by atoms with E-state index in [0.717, 1.165) is 46.0 Å². The van der Waals surface area contributed by atoms with Gasteiger partial charge in [0, 0.05) is 38.7 Å². The number of esters is 1. The van der Waals surface area contributed by atoms with Crippen LogP contribution in [0.1, 0.15) is 30.4 Å². The average Bonchev–Trinajstić information content (AvgIpc) is 3.76. The van der Waals surface area contributed by atoms with Crippen LogP contribution < -0.4 is 19.8 Å². The van der Waals surface area contributed by atoms with Gasteiger partial charge in [0.1, 0.15) is 12.4 Å². The minimum Gasteiger partial charge on any atom is -0.490 e. The van der Waals surface area contributed by atoms with Gasteiger partial charge in [0.15, 0.2) is 33.5 Å². The number of nitrogens with zero attached hydrogens (tertiary/aromatic N) is 7. The van der Waals surface area contributed by atoms with Gasteiger partial charge in [-0.2, -0.15) is 4.99 Å². The van der Waals surface area contributed by atoms with Crippen LogP contribution in [-0.2, 0) is 21.0 Å². The number of halogens is 1. The molecule has 312 valence electrons. The van der Waals surface area contributed by atoms with E-state index in [1.807, 2.05) is 61.5 Å². The van der Waals surface area contributed by atoms with Crippen LogP contribution in [0.15, 0.2) is 64.6 Å². The van der Waals surface area contributed by atoms with Gasteiger partial charge < -0.3 is 29.3 Å². The lowest BCUT2D eigenvalue weighted by molar-refractivity contribution is -0.138. The lowest BCUT2D eigenvalue weighted by Gasteiger charge is -2.37. The summed E-state index contributed by atoms with van der Waals surface area (Å²) in [5.74, 6) is 6.47. The molecule has 0 radical (unpaired) electrons. The molecule has 0 saturated heterocycles. The first kappa shape index (κ1) is 44.9. The highest BCUT2D eigenvalue weighted by Gasteiger charge is 2.36. The maximum Gasteiger partial charge on any atom is 0.354 e. The van der Waals surface area contributed by atoms with E-state index in [1.165, 1.54) is 24.9 Å². The molecule has 58 heavy (non-hydrogen) atoms. The Bertz CT molecular complexity index is 2160. The Morgan fingerprint density at radius 2 is 1.90 bits per heavy atom. The monoisotopic (exact) mass is 848 g/mol. The van der Waals surface area contributed by atoms with Gasteiger partial charge in [-0.25, -0.2) is 9.18 Å². The molecule has 1 aliphatic heterocycles. The molecule has 4 aromatic rings. The maximum atomic E-state index is 14.9. The summed E-state index contributed by atoms with van der Waals surface area (Å²) >= 11 is 3.11. The van der Waals surface area contributed by atoms with Crippen molar-refractivity contribution in [3.8, 4) is 17.6 Å². The van der Waals surface area contributed by atoms with Crippen LogP contribution in [0.5, 0.6) is 5.75 Å². The molecule has 0 fully saturated rings. The molecule has 2 aromatic heterocycles. The van der Waals surface area contributed by atoms with E-state index in [-0.39, 0.29) is 17.9 Å². The molecule has 16 heteroatoms. The normalized spacial score (nSPS) is 14.5. The zero-order chi connectivity index (χ0) is 41.7. The van der Waals surface area contributed by atoms with Gasteiger partial charge in [0.25, 0.3) is 0 Å². The number of thioether (sulfide) groups is 1. The van der Waals surface area contributed by atoms with E-state index in [4.69, 9.17) is 24.3 Å².